The Morgan fingerprint density at radius 2 is 2.26 bits per heavy atom. The van der Waals surface area contributed by atoms with E-state index in [0.717, 1.165) is 11.3 Å². The van der Waals surface area contributed by atoms with Crippen LogP contribution in [0.1, 0.15) is 17.5 Å². The van der Waals surface area contributed by atoms with E-state index in [9.17, 15) is 0 Å². The van der Waals surface area contributed by atoms with Crippen LogP contribution in [0.5, 0.6) is 0 Å². The molecule has 3 heterocycles. The van der Waals surface area contributed by atoms with Crippen LogP contribution in [0.25, 0.3) is 0 Å². The number of aliphatic imine (C=N–C) groups is 1. The molecular weight excluding hydrogens is 268 g/mol. The lowest BCUT2D eigenvalue weighted by Gasteiger charge is -2.19. The first-order valence-electron chi connectivity index (χ1n) is 5.58. The molecule has 0 spiro atoms. The molecule has 0 saturated carbocycles. The zero-order chi connectivity index (χ0) is 13.2. The molecule has 7 nitrogen and oxygen atoms in total. The van der Waals surface area contributed by atoms with Crippen LogP contribution in [0, 0.1) is 0 Å². The zero-order valence-corrected chi connectivity index (χ0v) is 10.6. The number of fused-ring (bicyclic) bond motifs is 1. The smallest absolute Gasteiger partial charge is 0.197 e. The van der Waals surface area contributed by atoms with Gasteiger partial charge < -0.3 is 20.8 Å². The lowest BCUT2D eigenvalue weighted by atomic mass is 10.3. The van der Waals surface area contributed by atoms with Crippen LogP contribution < -0.4 is 11.1 Å². The van der Waals surface area contributed by atoms with Crippen LogP contribution in [-0.4, -0.2) is 20.9 Å². The first-order chi connectivity index (χ1) is 9.22. The fourth-order valence-corrected chi connectivity index (χ4v) is 1.84. The van der Waals surface area contributed by atoms with Crippen LogP contribution in [-0.2, 0) is 11.3 Å². The fraction of sp³-hybridized carbons (Fsp3) is 0.182. The number of imidazole rings is 1. The number of aromatic amines is 1. The van der Waals surface area contributed by atoms with E-state index in [2.05, 4.69) is 25.3 Å². The van der Waals surface area contributed by atoms with E-state index in [1.54, 1.807) is 18.6 Å². The molecule has 0 saturated heterocycles. The fourth-order valence-electron chi connectivity index (χ4n) is 1.72. The number of aromatic nitrogens is 3. The highest BCUT2D eigenvalue weighted by Crippen LogP contribution is 2.27. The van der Waals surface area contributed by atoms with Gasteiger partial charge in [-0.1, -0.05) is 17.7 Å². The van der Waals surface area contributed by atoms with E-state index in [1.165, 1.54) is 0 Å². The molecule has 1 atom stereocenters. The molecule has 98 valence electrons. The molecule has 3 rings (SSSR count). The highest BCUT2D eigenvalue weighted by molar-refractivity contribution is 6.29. The molecule has 0 aromatic carbocycles. The Balaban J connectivity index is 1.73. The molecule has 0 aliphatic carbocycles. The van der Waals surface area contributed by atoms with Crippen LogP contribution >= 0.6 is 11.6 Å². The van der Waals surface area contributed by atoms with Crippen LogP contribution in [0.2, 0.25) is 5.15 Å². The van der Waals surface area contributed by atoms with Gasteiger partial charge in [0.05, 0.1) is 12.9 Å². The predicted molar refractivity (Wildman–Crippen MR) is 70.6 cm³/mol. The molecule has 4 N–H and O–H groups in total. The van der Waals surface area contributed by atoms with Gasteiger partial charge in [-0.05, 0) is 11.6 Å². The molecule has 1 unspecified atom stereocenters. The number of nitrogens with zero attached hydrogens (tertiary/aromatic N) is 3. The Labute approximate surface area is 113 Å². The van der Waals surface area contributed by atoms with Gasteiger partial charge in [-0.25, -0.2) is 15.0 Å². The summed E-state index contributed by atoms with van der Waals surface area (Å²) in [4.78, 5) is 15.2. The molecule has 0 fully saturated rings. The molecule has 0 bridgehead atoms. The quantitative estimate of drug-likeness (QED) is 0.737. The second kappa shape index (κ2) is 4.87. The number of H-pyrrole nitrogens is 1. The third-order valence-corrected chi connectivity index (χ3v) is 2.84. The summed E-state index contributed by atoms with van der Waals surface area (Å²) in [6.45, 7) is 0.351. The predicted octanol–water partition coefficient (Wildman–Crippen LogP) is 1.41. The SMILES string of the molecule is NC1=NC(OCc2ccc(Cl)nc2)c2[nH]cnc2N1. The standard InChI is InChI=1S/C11H11ClN6O/c12-7-2-1-6(3-14-7)4-19-10-8-9(16-5-15-8)17-11(13)18-10/h1-3,5,10H,4H2,(H,15,16)(H3,13,17,18). The van der Waals surface area contributed by atoms with Crippen molar-refractivity contribution in [2.45, 2.75) is 12.8 Å². The molecular formula is C11H11ClN6O. The maximum absolute atomic E-state index is 5.72. The van der Waals surface area contributed by atoms with Gasteiger partial charge in [0, 0.05) is 6.20 Å². The molecule has 1 aliphatic heterocycles. The van der Waals surface area contributed by atoms with Crippen molar-refractivity contribution in [1.29, 1.82) is 0 Å². The van der Waals surface area contributed by atoms with E-state index in [4.69, 9.17) is 22.1 Å². The highest BCUT2D eigenvalue weighted by atomic mass is 35.5. The lowest BCUT2D eigenvalue weighted by molar-refractivity contribution is 0.0429. The number of hydrogen-bond acceptors (Lipinski definition) is 6. The van der Waals surface area contributed by atoms with Gasteiger partial charge in [0.1, 0.15) is 10.8 Å². The number of rotatable bonds is 3. The highest BCUT2D eigenvalue weighted by Gasteiger charge is 2.23. The van der Waals surface area contributed by atoms with Gasteiger partial charge in [-0.3, -0.25) is 0 Å². The molecule has 0 radical (unpaired) electrons. The van der Waals surface area contributed by atoms with Crippen molar-refractivity contribution in [3.63, 3.8) is 0 Å². The second-order valence-electron chi connectivity index (χ2n) is 3.96. The molecule has 19 heavy (non-hydrogen) atoms. The van der Waals surface area contributed by atoms with E-state index in [-0.39, 0.29) is 5.96 Å². The lowest BCUT2D eigenvalue weighted by Crippen LogP contribution is -2.28. The first kappa shape index (κ1) is 11.9. The topological polar surface area (TPSA) is 101 Å². The Morgan fingerprint density at radius 1 is 1.37 bits per heavy atom. The number of nitrogens with one attached hydrogen (secondary N) is 2. The minimum Gasteiger partial charge on any atom is -0.370 e. The van der Waals surface area contributed by atoms with E-state index >= 15 is 0 Å². The van der Waals surface area contributed by atoms with Crippen LogP contribution in [0.15, 0.2) is 29.6 Å². The normalized spacial score (nSPS) is 17.5. The third-order valence-electron chi connectivity index (χ3n) is 2.62. The van der Waals surface area contributed by atoms with E-state index < -0.39 is 6.23 Å². The number of guanidine groups is 1. The Morgan fingerprint density at radius 3 is 3.05 bits per heavy atom. The number of halogens is 1. The number of pyridine rings is 1. The van der Waals surface area contributed by atoms with Crippen molar-refractivity contribution < 1.29 is 4.74 Å². The Hall–Kier alpha value is -2.12. The first-order valence-corrected chi connectivity index (χ1v) is 5.96. The van der Waals surface area contributed by atoms with Gasteiger partial charge in [0.2, 0.25) is 0 Å². The Bertz CT molecular complexity index is 608. The van der Waals surface area contributed by atoms with Gasteiger partial charge in [0.25, 0.3) is 0 Å². The average molecular weight is 279 g/mol. The van der Waals surface area contributed by atoms with Crippen molar-refractivity contribution in [3.05, 3.63) is 41.1 Å². The summed E-state index contributed by atoms with van der Waals surface area (Å²) in [5.41, 5.74) is 7.31. The number of anilines is 1. The molecule has 2 aromatic rings. The summed E-state index contributed by atoms with van der Waals surface area (Å²) in [5, 5.41) is 3.30. The number of hydrogen-bond donors (Lipinski definition) is 3. The van der Waals surface area contributed by atoms with Crippen LogP contribution in [0.3, 0.4) is 0 Å². The maximum Gasteiger partial charge on any atom is 0.197 e. The average Bonchev–Trinajstić information content (AvgIpc) is 2.85. The van der Waals surface area contributed by atoms with E-state index in [0.29, 0.717) is 17.6 Å². The van der Waals surface area contributed by atoms with Crippen molar-refractivity contribution >= 4 is 23.4 Å². The van der Waals surface area contributed by atoms with Crippen molar-refractivity contribution in [3.8, 4) is 0 Å². The minimum atomic E-state index is -0.505. The summed E-state index contributed by atoms with van der Waals surface area (Å²) in [5.74, 6) is 0.908. The van der Waals surface area contributed by atoms with Gasteiger partial charge in [-0.2, -0.15) is 0 Å². The van der Waals surface area contributed by atoms with Gasteiger partial charge in [-0.15, -0.1) is 0 Å². The molecule has 1 aliphatic rings. The monoisotopic (exact) mass is 278 g/mol. The molecule has 0 amide bonds. The third kappa shape index (κ3) is 2.51. The summed E-state index contributed by atoms with van der Waals surface area (Å²) in [6.07, 6.45) is 2.71. The van der Waals surface area contributed by atoms with Crippen molar-refractivity contribution in [1.82, 2.24) is 15.0 Å². The zero-order valence-electron chi connectivity index (χ0n) is 9.80. The second-order valence-corrected chi connectivity index (χ2v) is 4.34. The molecule has 2 aromatic heterocycles. The van der Waals surface area contributed by atoms with Gasteiger partial charge >= 0.3 is 0 Å². The largest absolute Gasteiger partial charge is 0.370 e. The van der Waals surface area contributed by atoms with Gasteiger partial charge in [0.15, 0.2) is 18.0 Å². The maximum atomic E-state index is 5.72. The Kier molecular flexibility index (Phi) is 3.06. The molecule has 8 heteroatoms. The summed E-state index contributed by atoms with van der Waals surface area (Å²) < 4.78 is 5.70. The summed E-state index contributed by atoms with van der Waals surface area (Å²) in [7, 11) is 0. The number of nitrogens with two attached hydrogens (primary N) is 1. The van der Waals surface area contributed by atoms with Crippen molar-refractivity contribution in [2.24, 2.45) is 10.7 Å². The minimum absolute atomic E-state index is 0.277. The van der Waals surface area contributed by atoms with Crippen LogP contribution in [0.4, 0.5) is 5.82 Å². The van der Waals surface area contributed by atoms with E-state index in [1.807, 2.05) is 6.07 Å². The summed E-state index contributed by atoms with van der Waals surface area (Å²) in [6, 6.07) is 3.55. The number of ether oxygens (including phenoxy) is 1. The summed E-state index contributed by atoms with van der Waals surface area (Å²) >= 11 is 5.72. The van der Waals surface area contributed by atoms with Crippen molar-refractivity contribution in [2.75, 3.05) is 5.32 Å².